The molecular formula is C11H11N5O. The van der Waals surface area contributed by atoms with Gasteiger partial charge < -0.3 is 10.5 Å². The van der Waals surface area contributed by atoms with Crippen LogP contribution in [0.2, 0.25) is 0 Å². The molecule has 2 rings (SSSR count). The lowest BCUT2D eigenvalue weighted by Crippen LogP contribution is -2.00. The number of anilines is 1. The van der Waals surface area contributed by atoms with Crippen LogP contribution in [0.3, 0.4) is 0 Å². The summed E-state index contributed by atoms with van der Waals surface area (Å²) in [5.74, 6) is 1.16. The number of benzene rings is 1. The highest BCUT2D eigenvalue weighted by molar-refractivity contribution is 5.81. The van der Waals surface area contributed by atoms with Crippen molar-refractivity contribution in [3.05, 3.63) is 40.8 Å². The molecule has 2 aromatic rings. The SMILES string of the molecule is [N-]=[N+]=NCCOc1ccc2ccc(N)nc2c1. The summed E-state index contributed by atoms with van der Waals surface area (Å²) < 4.78 is 5.41. The zero-order valence-corrected chi connectivity index (χ0v) is 9.08. The maximum absolute atomic E-state index is 8.11. The van der Waals surface area contributed by atoms with Crippen LogP contribution in [0, 0.1) is 0 Å². The fourth-order valence-corrected chi connectivity index (χ4v) is 1.45. The van der Waals surface area contributed by atoms with Gasteiger partial charge in [0, 0.05) is 16.4 Å². The molecule has 0 atom stereocenters. The molecule has 2 N–H and O–H groups in total. The van der Waals surface area contributed by atoms with Gasteiger partial charge in [-0.05, 0) is 29.8 Å². The first kappa shape index (κ1) is 11.0. The van der Waals surface area contributed by atoms with Gasteiger partial charge in [0.05, 0.1) is 18.7 Å². The molecule has 0 unspecified atom stereocenters. The van der Waals surface area contributed by atoms with Crippen LogP contribution >= 0.6 is 0 Å². The van der Waals surface area contributed by atoms with Crippen LogP contribution in [0.5, 0.6) is 5.75 Å². The van der Waals surface area contributed by atoms with Crippen molar-refractivity contribution in [1.29, 1.82) is 0 Å². The van der Waals surface area contributed by atoms with E-state index in [0.717, 1.165) is 10.9 Å². The Bertz CT molecular complexity index is 577. The molecule has 0 saturated carbocycles. The molecule has 86 valence electrons. The van der Waals surface area contributed by atoms with Gasteiger partial charge in [-0.3, -0.25) is 0 Å². The summed E-state index contributed by atoms with van der Waals surface area (Å²) in [6.45, 7) is 0.650. The van der Waals surface area contributed by atoms with E-state index in [2.05, 4.69) is 15.0 Å². The number of ether oxygens (including phenoxy) is 1. The van der Waals surface area contributed by atoms with Gasteiger partial charge in [0.25, 0.3) is 0 Å². The Morgan fingerprint density at radius 1 is 1.35 bits per heavy atom. The second kappa shape index (κ2) is 5.05. The number of rotatable bonds is 4. The van der Waals surface area contributed by atoms with Crippen LogP contribution in [-0.2, 0) is 0 Å². The normalized spacial score (nSPS) is 9.88. The summed E-state index contributed by atoms with van der Waals surface area (Å²) in [5, 5.41) is 4.38. The predicted molar refractivity (Wildman–Crippen MR) is 65.7 cm³/mol. The van der Waals surface area contributed by atoms with Crippen molar-refractivity contribution in [1.82, 2.24) is 4.98 Å². The lowest BCUT2D eigenvalue weighted by atomic mass is 10.2. The molecule has 0 bridgehead atoms. The van der Waals surface area contributed by atoms with Crippen molar-refractivity contribution in [3.63, 3.8) is 0 Å². The number of azide groups is 1. The van der Waals surface area contributed by atoms with Crippen LogP contribution in [0.4, 0.5) is 5.82 Å². The number of nitrogens with zero attached hydrogens (tertiary/aromatic N) is 4. The summed E-state index contributed by atoms with van der Waals surface area (Å²) in [6, 6.07) is 9.22. The molecule has 17 heavy (non-hydrogen) atoms. The number of pyridine rings is 1. The fourth-order valence-electron chi connectivity index (χ4n) is 1.45. The van der Waals surface area contributed by atoms with Crippen molar-refractivity contribution in [3.8, 4) is 5.75 Å². The second-order valence-electron chi connectivity index (χ2n) is 3.39. The van der Waals surface area contributed by atoms with Gasteiger partial charge in [-0.1, -0.05) is 5.11 Å². The summed E-state index contributed by atoms with van der Waals surface area (Å²) in [4.78, 5) is 6.84. The molecule has 0 amide bonds. The molecule has 6 heteroatoms. The number of nitrogen functional groups attached to an aromatic ring is 1. The van der Waals surface area contributed by atoms with Crippen molar-refractivity contribution in [2.45, 2.75) is 0 Å². The standard InChI is InChI=1S/C11H11N5O/c12-11-4-2-8-1-3-9(7-10(8)15-11)17-6-5-14-16-13/h1-4,7H,5-6H2,(H2,12,15). The van der Waals surface area contributed by atoms with E-state index in [1.807, 2.05) is 24.3 Å². The number of nitrogens with two attached hydrogens (primary N) is 1. The monoisotopic (exact) mass is 229 g/mol. The van der Waals surface area contributed by atoms with Crippen molar-refractivity contribution >= 4 is 16.7 Å². The average Bonchev–Trinajstić information content (AvgIpc) is 2.34. The Morgan fingerprint density at radius 2 is 2.18 bits per heavy atom. The first-order valence-corrected chi connectivity index (χ1v) is 5.09. The number of hydrogen-bond acceptors (Lipinski definition) is 4. The molecule has 1 aromatic carbocycles. The van der Waals surface area contributed by atoms with Crippen LogP contribution in [0.1, 0.15) is 0 Å². The Kier molecular flexibility index (Phi) is 3.28. The number of aromatic nitrogens is 1. The van der Waals surface area contributed by atoms with Crippen LogP contribution in [0.25, 0.3) is 21.3 Å². The third-order valence-corrected chi connectivity index (χ3v) is 2.21. The fraction of sp³-hybridized carbons (Fsp3) is 0.182. The number of fused-ring (bicyclic) bond motifs is 1. The van der Waals surface area contributed by atoms with Gasteiger partial charge in [-0.15, -0.1) is 0 Å². The van der Waals surface area contributed by atoms with E-state index in [9.17, 15) is 0 Å². The van der Waals surface area contributed by atoms with Gasteiger partial charge in [-0.2, -0.15) is 0 Å². The van der Waals surface area contributed by atoms with Gasteiger partial charge in [0.15, 0.2) is 0 Å². The van der Waals surface area contributed by atoms with Crippen LogP contribution < -0.4 is 10.5 Å². The minimum atomic E-state index is 0.304. The Balaban J connectivity index is 2.16. The zero-order chi connectivity index (χ0) is 12.1. The van der Waals surface area contributed by atoms with E-state index in [1.54, 1.807) is 6.07 Å². The average molecular weight is 229 g/mol. The molecule has 6 nitrogen and oxygen atoms in total. The first-order chi connectivity index (χ1) is 8.29. The Hall–Kier alpha value is -2.46. The van der Waals surface area contributed by atoms with E-state index in [1.165, 1.54) is 0 Å². The number of hydrogen-bond donors (Lipinski definition) is 1. The summed E-state index contributed by atoms with van der Waals surface area (Å²) in [6.07, 6.45) is 0. The molecule has 0 radical (unpaired) electrons. The molecular weight excluding hydrogens is 218 g/mol. The quantitative estimate of drug-likeness (QED) is 0.377. The predicted octanol–water partition coefficient (Wildman–Crippen LogP) is 2.51. The molecule has 0 spiro atoms. The first-order valence-electron chi connectivity index (χ1n) is 5.09. The van der Waals surface area contributed by atoms with E-state index in [-0.39, 0.29) is 0 Å². The zero-order valence-electron chi connectivity index (χ0n) is 9.08. The second-order valence-corrected chi connectivity index (χ2v) is 3.39. The molecule has 0 saturated heterocycles. The summed E-state index contributed by atoms with van der Waals surface area (Å²) in [5.41, 5.74) is 14.5. The van der Waals surface area contributed by atoms with E-state index >= 15 is 0 Å². The highest BCUT2D eigenvalue weighted by Gasteiger charge is 1.99. The largest absolute Gasteiger partial charge is 0.493 e. The van der Waals surface area contributed by atoms with Gasteiger partial charge >= 0.3 is 0 Å². The van der Waals surface area contributed by atoms with E-state index in [0.29, 0.717) is 24.7 Å². The van der Waals surface area contributed by atoms with Gasteiger partial charge in [0.1, 0.15) is 11.6 Å². The van der Waals surface area contributed by atoms with Crippen molar-refractivity contribution in [2.75, 3.05) is 18.9 Å². The topological polar surface area (TPSA) is 96.9 Å². The minimum Gasteiger partial charge on any atom is -0.493 e. The highest BCUT2D eigenvalue weighted by atomic mass is 16.5. The highest BCUT2D eigenvalue weighted by Crippen LogP contribution is 2.20. The molecule has 1 heterocycles. The third kappa shape index (κ3) is 2.76. The van der Waals surface area contributed by atoms with Gasteiger partial charge in [-0.25, -0.2) is 4.98 Å². The lowest BCUT2D eigenvalue weighted by Gasteiger charge is -2.05. The Labute approximate surface area is 97.6 Å². The van der Waals surface area contributed by atoms with Gasteiger partial charge in [0.2, 0.25) is 0 Å². The molecule has 0 aliphatic carbocycles. The smallest absolute Gasteiger partial charge is 0.124 e. The van der Waals surface area contributed by atoms with Crippen molar-refractivity contribution < 1.29 is 4.74 Å². The lowest BCUT2D eigenvalue weighted by molar-refractivity contribution is 0.328. The third-order valence-electron chi connectivity index (χ3n) is 2.21. The maximum Gasteiger partial charge on any atom is 0.124 e. The van der Waals surface area contributed by atoms with Crippen LogP contribution in [-0.4, -0.2) is 18.1 Å². The maximum atomic E-state index is 8.11. The summed E-state index contributed by atoms with van der Waals surface area (Å²) in [7, 11) is 0. The minimum absolute atomic E-state index is 0.304. The molecule has 0 fully saturated rings. The summed E-state index contributed by atoms with van der Waals surface area (Å²) >= 11 is 0. The van der Waals surface area contributed by atoms with Crippen LogP contribution in [0.15, 0.2) is 35.4 Å². The molecule has 1 aromatic heterocycles. The van der Waals surface area contributed by atoms with Crippen molar-refractivity contribution in [2.24, 2.45) is 5.11 Å². The molecule has 0 aliphatic rings. The van der Waals surface area contributed by atoms with E-state index < -0.39 is 0 Å². The van der Waals surface area contributed by atoms with E-state index in [4.69, 9.17) is 16.0 Å². The Morgan fingerprint density at radius 3 is 3.00 bits per heavy atom. The molecule has 0 aliphatic heterocycles.